The SMILES string of the molecule is O=C(O)Cc1ccc(CNCCCOCC2CC2)cc1. The number of benzene rings is 1. The lowest BCUT2D eigenvalue weighted by molar-refractivity contribution is -0.136. The largest absolute Gasteiger partial charge is 0.481 e. The zero-order chi connectivity index (χ0) is 14.2. The van der Waals surface area contributed by atoms with Gasteiger partial charge in [-0.15, -0.1) is 0 Å². The van der Waals surface area contributed by atoms with Crippen LogP contribution in [0.3, 0.4) is 0 Å². The van der Waals surface area contributed by atoms with Crippen molar-refractivity contribution in [2.45, 2.75) is 32.2 Å². The van der Waals surface area contributed by atoms with Gasteiger partial charge in [0.25, 0.3) is 0 Å². The molecule has 20 heavy (non-hydrogen) atoms. The van der Waals surface area contributed by atoms with Crippen molar-refractivity contribution >= 4 is 5.97 Å². The van der Waals surface area contributed by atoms with Crippen molar-refractivity contribution in [1.29, 1.82) is 0 Å². The van der Waals surface area contributed by atoms with E-state index in [9.17, 15) is 4.79 Å². The van der Waals surface area contributed by atoms with E-state index in [0.717, 1.165) is 44.2 Å². The minimum absolute atomic E-state index is 0.0893. The molecule has 0 aliphatic heterocycles. The molecule has 1 aromatic rings. The Hall–Kier alpha value is -1.39. The van der Waals surface area contributed by atoms with Crippen LogP contribution in [0, 0.1) is 5.92 Å². The van der Waals surface area contributed by atoms with E-state index in [1.165, 1.54) is 18.4 Å². The maximum atomic E-state index is 10.6. The zero-order valence-corrected chi connectivity index (χ0v) is 11.8. The molecule has 1 saturated carbocycles. The first-order valence-electron chi connectivity index (χ1n) is 7.32. The average molecular weight is 277 g/mol. The van der Waals surface area contributed by atoms with Gasteiger partial charge < -0.3 is 15.2 Å². The van der Waals surface area contributed by atoms with Gasteiger partial charge >= 0.3 is 5.97 Å². The normalized spacial score (nSPS) is 14.4. The molecule has 1 aliphatic carbocycles. The molecule has 1 aromatic carbocycles. The number of carbonyl (C=O) groups is 1. The topological polar surface area (TPSA) is 58.6 Å². The van der Waals surface area contributed by atoms with Gasteiger partial charge in [0.05, 0.1) is 6.42 Å². The van der Waals surface area contributed by atoms with Crippen LogP contribution < -0.4 is 5.32 Å². The second-order valence-electron chi connectivity index (χ2n) is 5.44. The lowest BCUT2D eigenvalue weighted by Gasteiger charge is -2.06. The molecule has 4 nitrogen and oxygen atoms in total. The second kappa shape index (κ2) is 8.02. The highest BCUT2D eigenvalue weighted by Crippen LogP contribution is 2.28. The first kappa shape index (κ1) is 15.0. The van der Waals surface area contributed by atoms with E-state index in [1.807, 2.05) is 24.3 Å². The van der Waals surface area contributed by atoms with Crippen LogP contribution in [-0.2, 0) is 22.5 Å². The minimum Gasteiger partial charge on any atom is -0.481 e. The van der Waals surface area contributed by atoms with Gasteiger partial charge in [-0.1, -0.05) is 24.3 Å². The predicted octanol–water partition coefficient (Wildman–Crippen LogP) is 2.22. The molecule has 2 rings (SSSR count). The Morgan fingerprint density at radius 3 is 2.60 bits per heavy atom. The summed E-state index contributed by atoms with van der Waals surface area (Å²) in [5.41, 5.74) is 2.02. The Labute approximate surface area is 120 Å². The van der Waals surface area contributed by atoms with Gasteiger partial charge in [-0.3, -0.25) is 4.79 Å². The highest BCUT2D eigenvalue weighted by molar-refractivity contribution is 5.70. The quantitative estimate of drug-likeness (QED) is 0.644. The maximum Gasteiger partial charge on any atom is 0.307 e. The second-order valence-corrected chi connectivity index (χ2v) is 5.44. The molecule has 0 unspecified atom stereocenters. The van der Waals surface area contributed by atoms with E-state index in [1.54, 1.807) is 0 Å². The first-order chi connectivity index (χ1) is 9.74. The summed E-state index contributed by atoms with van der Waals surface area (Å²) in [6, 6.07) is 7.72. The Bertz CT molecular complexity index is 412. The number of rotatable bonds is 10. The van der Waals surface area contributed by atoms with Gasteiger partial charge in [0.15, 0.2) is 0 Å². The number of nitrogens with one attached hydrogen (secondary N) is 1. The maximum absolute atomic E-state index is 10.6. The van der Waals surface area contributed by atoms with Gasteiger partial charge in [0.2, 0.25) is 0 Å². The third-order valence-electron chi connectivity index (χ3n) is 3.40. The van der Waals surface area contributed by atoms with E-state index in [4.69, 9.17) is 9.84 Å². The number of carboxylic acids is 1. The number of hydrogen-bond donors (Lipinski definition) is 2. The molecular weight excluding hydrogens is 254 g/mol. The number of ether oxygens (including phenoxy) is 1. The fraction of sp³-hybridized carbons (Fsp3) is 0.562. The van der Waals surface area contributed by atoms with Crippen molar-refractivity contribution < 1.29 is 14.6 Å². The summed E-state index contributed by atoms with van der Waals surface area (Å²) in [7, 11) is 0. The Balaban J connectivity index is 1.53. The van der Waals surface area contributed by atoms with E-state index in [2.05, 4.69) is 5.32 Å². The smallest absolute Gasteiger partial charge is 0.307 e. The molecule has 110 valence electrons. The van der Waals surface area contributed by atoms with Crippen LogP contribution in [0.2, 0.25) is 0 Å². The van der Waals surface area contributed by atoms with Crippen LogP contribution in [-0.4, -0.2) is 30.8 Å². The fourth-order valence-electron chi connectivity index (χ4n) is 2.02. The van der Waals surface area contributed by atoms with Gasteiger partial charge in [-0.05, 0) is 42.9 Å². The first-order valence-corrected chi connectivity index (χ1v) is 7.32. The lowest BCUT2D eigenvalue weighted by Crippen LogP contribution is -2.16. The summed E-state index contributed by atoms with van der Waals surface area (Å²) in [6.45, 7) is 3.53. The monoisotopic (exact) mass is 277 g/mol. The van der Waals surface area contributed by atoms with Crippen molar-refractivity contribution in [3.63, 3.8) is 0 Å². The fourth-order valence-corrected chi connectivity index (χ4v) is 2.02. The molecule has 0 heterocycles. The van der Waals surface area contributed by atoms with Gasteiger partial charge in [0.1, 0.15) is 0 Å². The zero-order valence-electron chi connectivity index (χ0n) is 11.8. The van der Waals surface area contributed by atoms with Crippen LogP contribution in [0.15, 0.2) is 24.3 Å². The van der Waals surface area contributed by atoms with Gasteiger partial charge in [-0.25, -0.2) is 0 Å². The molecular formula is C16H23NO3. The Kier molecular flexibility index (Phi) is 6.02. The summed E-state index contributed by atoms with van der Waals surface area (Å²) >= 11 is 0. The number of hydrogen-bond acceptors (Lipinski definition) is 3. The molecule has 0 saturated heterocycles. The van der Waals surface area contributed by atoms with Crippen molar-refractivity contribution in [1.82, 2.24) is 5.32 Å². The summed E-state index contributed by atoms with van der Waals surface area (Å²) in [5.74, 6) is 0.0503. The predicted molar refractivity (Wildman–Crippen MR) is 77.6 cm³/mol. The number of carboxylic acid groups (broad SMARTS) is 1. The molecule has 4 heteroatoms. The van der Waals surface area contributed by atoms with Crippen LogP contribution in [0.25, 0.3) is 0 Å². The van der Waals surface area contributed by atoms with E-state index in [0.29, 0.717) is 0 Å². The third kappa shape index (κ3) is 6.17. The molecule has 0 aromatic heterocycles. The molecule has 0 radical (unpaired) electrons. The van der Waals surface area contributed by atoms with Gasteiger partial charge in [0, 0.05) is 19.8 Å². The highest BCUT2D eigenvalue weighted by Gasteiger charge is 2.20. The van der Waals surface area contributed by atoms with Crippen LogP contribution >= 0.6 is 0 Å². The Morgan fingerprint density at radius 2 is 1.95 bits per heavy atom. The summed E-state index contributed by atoms with van der Waals surface area (Å²) in [5, 5.41) is 12.1. The Morgan fingerprint density at radius 1 is 1.25 bits per heavy atom. The summed E-state index contributed by atoms with van der Waals surface area (Å²) < 4.78 is 5.57. The van der Waals surface area contributed by atoms with Crippen LogP contribution in [0.5, 0.6) is 0 Å². The molecule has 0 amide bonds. The van der Waals surface area contributed by atoms with Crippen LogP contribution in [0.1, 0.15) is 30.4 Å². The standard InChI is InChI=1S/C16H23NO3/c18-16(19)10-13-2-4-14(5-3-13)11-17-8-1-9-20-12-15-6-7-15/h2-5,15,17H,1,6-12H2,(H,18,19). The molecule has 0 atom stereocenters. The molecule has 1 fully saturated rings. The summed E-state index contributed by atoms with van der Waals surface area (Å²) in [4.78, 5) is 10.6. The average Bonchev–Trinajstić information content (AvgIpc) is 3.23. The van der Waals surface area contributed by atoms with Gasteiger partial charge in [-0.2, -0.15) is 0 Å². The third-order valence-corrected chi connectivity index (χ3v) is 3.40. The molecule has 1 aliphatic rings. The van der Waals surface area contributed by atoms with E-state index in [-0.39, 0.29) is 6.42 Å². The van der Waals surface area contributed by atoms with E-state index < -0.39 is 5.97 Å². The van der Waals surface area contributed by atoms with Crippen molar-refractivity contribution in [2.24, 2.45) is 5.92 Å². The van der Waals surface area contributed by atoms with Crippen LogP contribution in [0.4, 0.5) is 0 Å². The molecule has 2 N–H and O–H groups in total. The highest BCUT2D eigenvalue weighted by atomic mass is 16.5. The minimum atomic E-state index is -0.790. The van der Waals surface area contributed by atoms with Crippen molar-refractivity contribution in [2.75, 3.05) is 19.8 Å². The summed E-state index contributed by atoms with van der Waals surface area (Å²) in [6.07, 6.45) is 3.81. The molecule has 0 spiro atoms. The van der Waals surface area contributed by atoms with Crippen molar-refractivity contribution in [3.8, 4) is 0 Å². The lowest BCUT2D eigenvalue weighted by atomic mass is 10.1. The molecule has 0 bridgehead atoms. The van der Waals surface area contributed by atoms with E-state index >= 15 is 0 Å². The van der Waals surface area contributed by atoms with Crippen molar-refractivity contribution in [3.05, 3.63) is 35.4 Å². The number of aliphatic carboxylic acids is 1.